The molecular weight excluding hydrogens is 442 g/mol. The zero-order valence-electron chi connectivity index (χ0n) is 20.3. The second-order valence-corrected chi connectivity index (χ2v) is 10.3. The summed E-state index contributed by atoms with van der Waals surface area (Å²) in [7, 11) is 1.36. The molecule has 2 aliphatic heterocycles. The number of ether oxygens (including phenoxy) is 5. The van der Waals surface area contributed by atoms with Crippen LogP contribution in [0.5, 0.6) is 11.5 Å². The van der Waals surface area contributed by atoms with Gasteiger partial charge in [-0.15, -0.1) is 0 Å². The van der Waals surface area contributed by atoms with Crippen LogP contribution in [0.1, 0.15) is 64.0 Å². The Morgan fingerprint density at radius 3 is 2.26 bits per heavy atom. The van der Waals surface area contributed by atoms with Crippen molar-refractivity contribution in [1.82, 2.24) is 4.90 Å². The predicted octanol–water partition coefficient (Wildman–Crippen LogP) is 3.95. The molecule has 0 aromatic heterocycles. The summed E-state index contributed by atoms with van der Waals surface area (Å²) >= 11 is 0. The van der Waals surface area contributed by atoms with Crippen molar-refractivity contribution in [1.29, 1.82) is 0 Å². The molecule has 1 amide bonds. The van der Waals surface area contributed by atoms with Crippen molar-refractivity contribution in [2.75, 3.05) is 13.9 Å². The van der Waals surface area contributed by atoms with Crippen LogP contribution in [0.15, 0.2) is 12.1 Å². The second kappa shape index (κ2) is 9.72. The number of methoxy groups -OCH3 is 1. The molecule has 4 rings (SSSR count). The summed E-state index contributed by atoms with van der Waals surface area (Å²) in [5.41, 5.74) is 1.43. The van der Waals surface area contributed by atoms with Gasteiger partial charge >= 0.3 is 18.0 Å². The SMILES string of the molecule is COC(=O)C1CCC(CC(=O)OC(C)(C)C)CC(OC(=O)N2Cc3cc4c(cc3C2)OCO4)C1. The number of fused-ring (bicyclic) bond motifs is 2. The molecule has 9 nitrogen and oxygen atoms in total. The highest BCUT2D eigenvalue weighted by molar-refractivity contribution is 5.73. The molecule has 2 heterocycles. The van der Waals surface area contributed by atoms with Crippen LogP contribution in [0, 0.1) is 11.8 Å². The molecule has 0 bridgehead atoms. The largest absolute Gasteiger partial charge is 0.469 e. The molecule has 0 N–H and O–H groups in total. The number of hydrogen-bond acceptors (Lipinski definition) is 8. The molecule has 0 saturated heterocycles. The highest BCUT2D eigenvalue weighted by Crippen LogP contribution is 2.39. The average molecular weight is 476 g/mol. The Balaban J connectivity index is 1.40. The molecule has 34 heavy (non-hydrogen) atoms. The van der Waals surface area contributed by atoms with Gasteiger partial charge in [0.2, 0.25) is 6.79 Å². The zero-order chi connectivity index (χ0) is 24.5. The predicted molar refractivity (Wildman–Crippen MR) is 120 cm³/mol. The van der Waals surface area contributed by atoms with Crippen LogP contribution in [0.3, 0.4) is 0 Å². The second-order valence-electron chi connectivity index (χ2n) is 10.3. The van der Waals surface area contributed by atoms with Crippen molar-refractivity contribution in [3.8, 4) is 11.5 Å². The quantitative estimate of drug-likeness (QED) is 0.367. The number of carbonyl (C=O) groups excluding carboxylic acids is 3. The van der Waals surface area contributed by atoms with Crippen molar-refractivity contribution >= 4 is 18.0 Å². The van der Waals surface area contributed by atoms with Crippen LogP contribution < -0.4 is 9.47 Å². The van der Waals surface area contributed by atoms with Crippen molar-refractivity contribution in [3.05, 3.63) is 23.3 Å². The van der Waals surface area contributed by atoms with Gasteiger partial charge in [-0.1, -0.05) is 0 Å². The Morgan fingerprint density at radius 2 is 1.68 bits per heavy atom. The number of amides is 1. The average Bonchev–Trinajstić information content (AvgIpc) is 3.33. The zero-order valence-corrected chi connectivity index (χ0v) is 20.3. The Hall–Kier alpha value is -2.97. The van der Waals surface area contributed by atoms with E-state index in [4.69, 9.17) is 23.7 Å². The summed E-state index contributed by atoms with van der Waals surface area (Å²) in [5, 5.41) is 0. The third-order valence-electron chi connectivity index (χ3n) is 6.42. The molecular formula is C25H33NO8. The lowest BCUT2D eigenvalue weighted by atomic mass is 9.95. The summed E-state index contributed by atoms with van der Waals surface area (Å²) in [6.45, 7) is 6.53. The van der Waals surface area contributed by atoms with Crippen LogP contribution in [-0.2, 0) is 36.9 Å². The fourth-order valence-electron chi connectivity index (χ4n) is 4.87. The number of nitrogens with zero attached hydrogens (tertiary/aromatic N) is 1. The van der Waals surface area contributed by atoms with E-state index in [1.807, 2.05) is 32.9 Å². The first-order valence-corrected chi connectivity index (χ1v) is 11.8. The first-order valence-electron chi connectivity index (χ1n) is 11.8. The molecule has 1 aromatic rings. The molecule has 1 saturated carbocycles. The van der Waals surface area contributed by atoms with Gasteiger partial charge in [-0.3, -0.25) is 14.5 Å². The van der Waals surface area contributed by atoms with Crippen molar-refractivity contribution < 1.29 is 38.1 Å². The topological polar surface area (TPSA) is 101 Å². The highest BCUT2D eigenvalue weighted by atomic mass is 16.7. The number of esters is 2. The molecule has 3 atom stereocenters. The summed E-state index contributed by atoms with van der Waals surface area (Å²) < 4.78 is 27.2. The lowest BCUT2D eigenvalue weighted by Crippen LogP contribution is -2.32. The molecule has 1 aliphatic carbocycles. The van der Waals surface area contributed by atoms with E-state index in [9.17, 15) is 14.4 Å². The highest BCUT2D eigenvalue weighted by Gasteiger charge is 2.36. The third-order valence-corrected chi connectivity index (χ3v) is 6.42. The molecule has 3 unspecified atom stereocenters. The Labute approximate surface area is 199 Å². The minimum atomic E-state index is -0.566. The lowest BCUT2D eigenvalue weighted by molar-refractivity contribution is -0.156. The van der Waals surface area contributed by atoms with E-state index < -0.39 is 17.8 Å². The van der Waals surface area contributed by atoms with E-state index in [0.29, 0.717) is 50.3 Å². The maximum absolute atomic E-state index is 13.0. The normalized spacial score (nSPS) is 23.6. The van der Waals surface area contributed by atoms with Gasteiger partial charge in [0, 0.05) is 19.5 Å². The van der Waals surface area contributed by atoms with Gasteiger partial charge in [-0.2, -0.15) is 0 Å². The Kier molecular flexibility index (Phi) is 6.91. The van der Waals surface area contributed by atoms with E-state index in [1.54, 1.807) is 4.90 Å². The van der Waals surface area contributed by atoms with Crippen LogP contribution >= 0.6 is 0 Å². The number of hydrogen-bond donors (Lipinski definition) is 0. The van der Waals surface area contributed by atoms with E-state index in [1.165, 1.54) is 7.11 Å². The molecule has 186 valence electrons. The van der Waals surface area contributed by atoms with Crippen LogP contribution in [0.4, 0.5) is 4.79 Å². The van der Waals surface area contributed by atoms with Crippen molar-refractivity contribution in [2.24, 2.45) is 11.8 Å². The standard InChI is InChI=1S/C25H33NO8/c1-25(2,3)34-22(27)8-15-5-6-16(23(28)30-4)9-19(7-15)33-24(29)26-12-17-10-20-21(32-14-31-20)11-18(17)13-26/h10-11,15-16,19H,5-9,12-14H2,1-4H3. The minimum absolute atomic E-state index is 0.0460. The van der Waals surface area contributed by atoms with E-state index >= 15 is 0 Å². The number of carbonyl (C=O) groups is 3. The van der Waals surface area contributed by atoms with Crippen molar-refractivity contribution in [2.45, 2.75) is 77.7 Å². The summed E-state index contributed by atoms with van der Waals surface area (Å²) in [6.07, 6.45) is 1.40. The fourth-order valence-corrected chi connectivity index (χ4v) is 4.87. The summed E-state index contributed by atoms with van der Waals surface area (Å²) in [5.74, 6) is 0.343. The fraction of sp³-hybridized carbons (Fsp3) is 0.640. The Morgan fingerprint density at radius 1 is 1.03 bits per heavy atom. The van der Waals surface area contributed by atoms with Gasteiger partial charge in [0.15, 0.2) is 11.5 Å². The molecule has 0 spiro atoms. The molecule has 0 radical (unpaired) electrons. The van der Waals surface area contributed by atoms with Gasteiger partial charge in [-0.05, 0) is 75.6 Å². The van der Waals surface area contributed by atoms with E-state index in [-0.39, 0.29) is 37.0 Å². The number of benzene rings is 1. The smallest absolute Gasteiger partial charge is 0.410 e. The van der Waals surface area contributed by atoms with Gasteiger partial charge in [0.05, 0.1) is 13.0 Å². The summed E-state index contributed by atoms with van der Waals surface area (Å²) in [6, 6.07) is 3.81. The van der Waals surface area contributed by atoms with Crippen LogP contribution in [0.25, 0.3) is 0 Å². The maximum atomic E-state index is 13.0. The van der Waals surface area contributed by atoms with E-state index in [0.717, 1.165) is 11.1 Å². The van der Waals surface area contributed by atoms with Crippen LogP contribution in [-0.4, -0.2) is 48.5 Å². The maximum Gasteiger partial charge on any atom is 0.410 e. The summed E-state index contributed by atoms with van der Waals surface area (Å²) in [4.78, 5) is 39.4. The van der Waals surface area contributed by atoms with Gasteiger partial charge < -0.3 is 23.7 Å². The first kappa shape index (κ1) is 24.2. The molecule has 1 aromatic carbocycles. The molecule has 9 heteroatoms. The monoisotopic (exact) mass is 475 g/mol. The van der Waals surface area contributed by atoms with Gasteiger partial charge in [0.1, 0.15) is 11.7 Å². The number of rotatable bonds is 4. The first-order chi connectivity index (χ1) is 16.1. The van der Waals surface area contributed by atoms with E-state index in [2.05, 4.69) is 0 Å². The van der Waals surface area contributed by atoms with Crippen LogP contribution in [0.2, 0.25) is 0 Å². The van der Waals surface area contributed by atoms with Gasteiger partial charge in [-0.25, -0.2) is 4.79 Å². The lowest BCUT2D eigenvalue weighted by Gasteiger charge is -2.25. The minimum Gasteiger partial charge on any atom is -0.469 e. The molecule has 3 aliphatic rings. The third kappa shape index (κ3) is 5.74. The molecule has 1 fully saturated rings. The Bertz CT molecular complexity index is 920. The van der Waals surface area contributed by atoms with Crippen molar-refractivity contribution in [3.63, 3.8) is 0 Å². The van der Waals surface area contributed by atoms with Gasteiger partial charge in [0.25, 0.3) is 0 Å².